The summed E-state index contributed by atoms with van der Waals surface area (Å²) in [7, 11) is 0. The van der Waals surface area contributed by atoms with Crippen LogP contribution in [0.5, 0.6) is 0 Å². The minimum Gasteiger partial charge on any atom is -0.375 e. The molecule has 0 amide bonds. The van der Waals surface area contributed by atoms with Gasteiger partial charge in [-0.3, -0.25) is 0 Å². The Hall–Kier alpha value is -0.120. The molecule has 2 atom stereocenters. The van der Waals surface area contributed by atoms with Gasteiger partial charge in [0.1, 0.15) is 0 Å². The first-order chi connectivity index (χ1) is 8.31. The largest absolute Gasteiger partial charge is 0.375 e. The van der Waals surface area contributed by atoms with E-state index < -0.39 is 0 Å². The molecule has 0 bridgehead atoms. The lowest BCUT2D eigenvalue weighted by Crippen LogP contribution is -2.36. The van der Waals surface area contributed by atoms with E-state index in [2.05, 4.69) is 41.5 Å². The summed E-state index contributed by atoms with van der Waals surface area (Å²) in [4.78, 5) is 0. The third-order valence-corrected chi connectivity index (χ3v) is 3.77. The van der Waals surface area contributed by atoms with Gasteiger partial charge in [-0.1, -0.05) is 13.8 Å². The van der Waals surface area contributed by atoms with Crippen LogP contribution in [0.3, 0.4) is 0 Å². The maximum atomic E-state index is 6.04. The molecule has 18 heavy (non-hydrogen) atoms. The summed E-state index contributed by atoms with van der Waals surface area (Å²) >= 11 is 0. The highest BCUT2D eigenvalue weighted by atomic mass is 16.5. The van der Waals surface area contributed by atoms with Gasteiger partial charge in [-0.25, -0.2) is 0 Å². The Morgan fingerprint density at radius 1 is 1.00 bits per heavy atom. The van der Waals surface area contributed by atoms with Crippen molar-refractivity contribution < 1.29 is 9.47 Å². The maximum Gasteiger partial charge on any atom is 0.0677 e. The third-order valence-electron chi connectivity index (χ3n) is 3.77. The van der Waals surface area contributed by atoms with E-state index in [0.29, 0.717) is 6.54 Å². The van der Waals surface area contributed by atoms with Gasteiger partial charge in [0.2, 0.25) is 0 Å². The molecule has 2 unspecified atom stereocenters. The Bertz CT molecular complexity index is 221. The molecule has 0 spiro atoms. The van der Waals surface area contributed by atoms with Crippen LogP contribution in [-0.2, 0) is 9.47 Å². The second-order valence-corrected chi connectivity index (χ2v) is 5.91. The van der Waals surface area contributed by atoms with Crippen LogP contribution in [0.15, 0.2) is 0 Å². The van der Waals surface area contributed by atoms with Gasteiger partial charge in [-0.15, -0.1) is 0 Å². The van der Waals surface area contributed by atoms with E-state index in [9.17, 15) is 0 Å². The van der Waals surface area contributed by atoms with Crippen molar-refractivity contribution in [2.75, 3.05) is 13.2 Å². The number of nitrogens with two attached hydrogens (primary N) is 1. The first-order valence-electron chi connectivity index (χ1n) is 7.32. The van der Waals surface area contributed by atoms with Crippen LogP contribution in [-0.4, -0.2) is 30.5 Å². The lowest BCUT2D eigenvalue weighted by atomic mass is 9.97. The van der Waals surface area contributed by atoms with Gasteiger partial charge in [0, 0.05) is 0 Å². The first kappa shape index (κ1) is 17.9. The highest BCUT2D eigenvalue weighted by molar-refractivity contribution is 4.77. The zero-order valence-corrected chi connectivity index (χ0v) is 13.2. The Morgan fingerprint density at radius 3 is 1.94 bits per heavy atom. The van der Waals surface area contributed by atoms with E-state index in [0.717, 1.165) is 32.3 Å². The molecule has 3 heteroatoms. The number of ether oxygens (including phenoxy) is 2. The monoisotopic (exact) mass is 259 g/mol. The number of hydrogen-bond donors (Lipinski definition) is 1. The highest BCUT2D eigenvalue weighted by Gasteiger charge is 2.27. The molecule has 0 aliphatic heterocycles. The van der Waals surface area contributed by atoms with E-state index in [1.807, 2.05) is 0 Å². The van der Waals surface area contributed by atoms with Crippen molar-refractivity contribution in [2.45, 2.75) is 84.5 Å². The van der Waals surface area contributed by atoms with Gasteiger partial charge in [0.15, 0.2) is 0 Å². The van der Waals surface area contributed by atoms with Crippen molar-refractivity contribution in [1.82, 2.24) is 0 Å². The molecule has 0 heterocycles. The Morgan fingerprint density at radius 2 is 1.56 bits per heavy atom. The summed E-state index contributed by atoms with van der Waals surface area (Å²) in [5.74, 6) is 0. The SMILES string of the molecule is CCC(C)(CCN)OCCC(C)(CC)OC(C)C. The summed E-state index contributed by atoms with van der Waals surface area (Å²) in [6.45, 7) is 14.2. The van der Waals surface area contributed by atoms with Crippen LogP contribution in [0.2, 0.25) is 0 Å². The predicted octanol–water partition coefficient (Wildman–Crippen LogP) is 3.50. The lowest BCUT2D eigenvalue weighted by molar-refractivity contribution is -0.107. The molecular formula is C15H33NO2. The zero-order chi connectivity index (χ0) is 14.2. The molecule has 0 radical (unpaired) electrons. The van der Waals surface area contributed by atoms with Crippen molar-refractivity contribution in [3.63, 3.8) is 0 Å². The highest BCUT2D eigenvalue weighted by Crippen LogP contribution is 2.25. The molecule has 2 N–H and O–H groups in total. The van der Waals surface area contributed by atoms with Crippen molar-refractivity contribution in [3.05, 3.63) is 0 Å². The van der Waals surface area contributed by atoms with Crippen LogP contribution in [0, 0.1) is 0 Å². The first-order valence-corrected chi connectivity index (χ1v) is 7.32. The van der Waals surface area contributed by atoms with Crippen molar-refractivity contribution >= 4 is 0 Å². The van der Waals surface area contributed by atoms with Gasteiger partial charge in [0.05, 0.1) is 23.9 Å². The normalized spacial score (nSPS) is 18.7. The fraction of sp³-hybridized carbons (Fsp3) is 1.00. The van der Waals surface area contributed by atoms with Gasteiger partial charge < -0.3 is 15.2 Å². The van der Waals surface area contributed by atoms with Gasteiger partial charge >= 0.3 is 0 Å². The average Bonchev–Trinajstić information content (AvgIpc) is 2.28. The minimum atomic E-state index is -0.0821. The number of rotatable bonds is 10. The van der Waals surface area contributed by atoms with Gasteiger partial charge in [-0.2, -0.15) is 0 Å². The second-order valence-electron chi connectivity index (χ2n) is 5.91. The third kappa shape index (κ3) is 6.72. The summed E-state index contributed by atoms with van der Waals surface area (Å²) in [5, 5.41) is 0. The Balaban J connectivity index is 4.21. The molecule has 0 aliphatic carbocycles. The van der Waals surface area contributed by atoms with E-state index in [1.54, 1.807) is 0 Å². The van der Waals surface area contributed by atoms with Crippen LogP contribution >= 0.6 is 0 Å². The summed E-state index contributed by atoms with van der Waals surface area (Å²) < 4.78 is 12.0. The number of hydrogen-bond acceptors (Lipinski definition) is 3. The quantitative estimate of drug-likeness (QED) is 0.653. The molecule has 0 aliphatic rings. The zero-order valence-electron chi connectivity index (χ0n) is 13.2. The molecule has 0 saturated carbocycles. The summed E-state index contributed by atoms with van der Waals surface area (Å²) in [6, 6.07) is 0. The molecule has 0 aromatic carbocycles. The fourth-order valence-electron chi connectivity index (χ4n) is 2.06. The van der Waals surface area contributed by atoms with E-state index in [4.69, 9.17) is 15.2 Å². The standard InChI is InChI=1S/C15H33NO2/c1-7-14(5,9-11-16)17-12-10-15(6,8-2)18-13(3)4/h13H,7-12,16H2,1-6H3. The van der Waals surface area contributed by atoms with Crippen molar-refractivity contribution in [2.24, 2.45) is 5.73 Å². The predicted molar refractivity (Wildman–Crippen MR) is 77.9 cm³/mol. The summed E-state index contributed by atoms with van der Waals surface area (Å²) in [5.41, 5.74) is 5.48. The van der Waals surface area contributed by atoms with Gasteiger partial charge in [-0.05, 0) is 59.9 Å². The van der Waals surface area contributed by atoms with Crippen molar-refractivity contribution in [3.8, 4) is 0 Å². The second kappa shape index (κ2) is 8.13. The van der Waals surface area contributed by atoms with Crippen LogP contribution in [0.25, 0.3) is 0 Å². The van der Waals surface area contributed by atoms with E-state index in [1.165, 1.54) is 0 Å². The average molecular weight is 259 g/mol. The summed E-state index contributed by atoms with van der Waals surface area (Å²) in [6.07, 6.45) is 4.11. The van der Waals surface area contributed by atoms with E-state index in [-0.39, 0.29) is 17.3 Å². The molecule has 0 saturated heterocycles. The van der Waals surface area contributed by atoms with Gasteiger partial charge in [0.25, 0.3) is 0 Å². The van der Waals surface area contributed by atoms with E-state index >= 15 is 0 Å². The Labute approximate surface area is 113 Å². The molecule has 0 rings (SSSR count). The molecule has 0 aromatic heterocycles. The Kier molecular flexibility index (Phi) is 8.08. The van der Waals surface area contributed by atoms with Crippen molar-refractivity contribution in [1.29, 1.82) is 0 Å². The molecule has 0 aromatic rings. The minimum absolute atomic E-state index is 0.0778. The molecule has 0 fully saturated rings. The van der Waals surface area contributed by atoms with Crippen LogP contribution in [0.4, 0.5) is 0 Å². The topological polar surface area (TPSA) is 44.5 Å². The fourth-order valence-corrected chi connectivity index (χ4v) is 2.06. The smallest absolute Gasteiger partial charge is 0.0677 e. The van der Waals surface area contributed by atoms with Crippen LogP contribution in [0.1, 0.15) is 67.2 Å². The lowest BCUT2D eigenvalue weighted by Gasteiger charge is -2.34. The maximum absolute atomic E-state index is 6.04. The molecule has 110 valence electrons. The molecular weight excluding hydrogens is 226 g/mol. The van der Waals surface area contributed by atoms with Crippen LogP contribution < -0.4 is 5.73 Å². The molecule has 3 nitrogen and oxygen atoms in total.